The van der Waals surface area contributed by atoms with Crippen LogP contribution in [0.4, 0.5) is 0 Å². The minimum Gasteiger partial charge on any atom is -0.508 e. The first-order chi connectivity index (χ1) is 8.84. The first-order valence-electron chi connectivity index (χ1n) is 5.35. The van der Waals surface area contributed by atoms with Crippen LogP contribution in [0.3, 0.4) is 0 Å². The lowest BCUT2D eigenvalue weighted by molar-refractivity contribution is 0.475. The van der Waals surface area contributed by atoms with E-state index in [1.54, 1.807) is 24.4 Å². The van der Waals surface area contributed by atoms with Gasteiger partial charge in [-0.1, -0.05) is 18.2 Å². The van der Waals surface area contributed by atoms with Gasteiger partial charge < -0.3 is 9.52 Å². The highest BCUT2D eigenvalue weighted by Gasteiger charge is 2.12. The van der Waals surface area contributed by atoms with Gasteiger partial charge in [-0.05, 0) is 23.8 Å². The summed E-state index contributed by atoms with van der Waals surface area (Å²) in [6.07, 6.45) is 2.92. The number of phenols is 1. The van der Waals surface area contributed by atoms with E-state index in [0.717, 1.165) is 11.1 Å². The van der Waals surface area contributed by atoms with Gasteiger partial charge in [0.25, 0.3) is 5.89 Å². The largest absolute Gasteiger partial charge is 0.508 e. The molecular formula is C13H9N3O2. The predicted molar refractivity (Wildman–Crippen MR) is 64.6 cm³/mol. The number of benzene rings is 1. The second-order valence-corrected chi connectivity index (χ2v) is 3.69. The third-order valence-corrected chi connectivity index (χ3v) is 2.53. The molecule has 0 aliphatic heterocycles. The van der Waals surface area contributed by atoms with Gasteiger partial charge in [-0.3, -0.25) is 4.98 Å². The van der Waals surface area contributed by atoms with Crippen molar-refractivity contribution in [1.82, 2.24) is 15.2 Å². The highest BCUT2D eigenvalue weighted by molar-refractivity contribution is 5.77. The maximum Gasteiger partial charge on any atom is 0.266 e. The molecule has 0 aliphatic carbocycles. The van der Waals surface area contributed by atoms with Crippen LogP contribution in [0.1, 0.15) is 0 Å². The summed E-state index contributed by atoms with van der Waals surface area (Å²) in [5, 5.41) is 17.0. The Hall–Kier alpha value is -2.69. The summed E-state index contributed by atoms with van der Waals surface area (Å²) in [7, 11) is 0. The molecule has 3 aromatic rings. The summed E-state index contributed by atoms with van der Waals surface area (Å²) in [5.74, 6) is 0.557. The van der Waals surface area contributed by atoms with E-state index in [-0.39, 0.29) is 5.75 Å². The maximum atomic E-state index is 9.52. The van der Waals surface area contributed by atoms with Gasteiger partial charge in [0.2, 0.25) is 6.39 Å². The summed E-state index contributed by atoms with van der Waals surface area (Å²) in [6.45, 7) is 0. The number of aromatic hydroxyl groups is 1. The van der Waals surface area contributed by atoms with Crippen LogP contribution in [-0.4, -0.2) is 20.3 Å². The van der Waals surface area contributed by atoms with Crippen LogP contribution in [0.25, 0.3) is 22.7 Å². The fourth-order valence-electron chi connectivity index (χ4n) is 1.76. The third kappa shape index (κ3) is 1.82. The van der Waals surface area contributed by atoms with Crippen molar-refractivity contribution >= 4 is 0 Å². The van der Waals surface area contributed by atoms with Gasteiger partial charge in [0, 0.05) is 11.8 Å². The average Bonchev–Trinajstić information content (AvgIpc) is 2.92. The number of pyridine rings is 1. The molecule has 0 spiro atoms. The maximum absolute atomic E-state index is 9.52. The Kier molecular flexibility index (Phi) is 2.49. The van der Waals surface area contributed by atoms with Crippen molar-refractivity contribution in [3.05, 3.63) is 49.0 Å². The van der Waals surface area contributed by atoms with E-state index in [0.29, 0.717) is 11.6 Å². The molecule has 5 heteroatoms. The van der Waals surface area contributed by atoms with Gasteiger partial charge in [0.05, 0.1) is 0 Å². The number of aromatic nitrogens is 3. The van der Waals surface area contributed by atoms with Crippen molar-refractivity contribution in [2.75, 3.05) is 0 Å². The lowest BCUT2D eigenvalue weighted by Gasteiger charge is -2.05. The van der Waals surface area contributed by atoms with Crippen molar-refractivity contribution in [1.29, 1.82) is 0 Å². The van der Waals surface area contributed by atoms with Crippen LogP contribution in [0, 0.1) is 0 Å². The van der Waals surface area contributed by atoms with Crippen molar-refractivity contribution in [3.63, 3.8) is 0 Å². The first kappa shape index (κ1) is 10.5. The molecule has 18 heavy (non-hydrogen) atoms. The molecule has 0 amide bonds. The molecule has 5 nitrogen and oxygen atoms in total. The first-order valence-corrected chi connectivity index (χ1v) is 5.35. The van der Waals surface area contributed by atoms with Gasteiger partial charge in [-0.25, -0.2) is 0 Å². The van der Waals surface area contributed by atoms with E-state index in [2.05, 4.69) is 15.2 Å². The molecule has 0 fully saturated rings. The van der Waals surface area contributed by atoms with Crippen LogP contribution < -0.4 is 0 Å². The van der Waals surface area contributed by atoms with E-state index >= 15 is 0 Å². The Bertz CT molecular complexity index is 666. The second-order valence-electron chi connectivity index (χ2n) is 3.69. The summed E-state index contributed by atoms with van der Waals surface area (Å²) in [5.41, 5.74) is 2.27. The molecule has 3 rings (SSSR count). The molecule has 1 aromatic carbocycles. The van der Waals surface area contributed by atoms with Gasteiger partial charge in [0.15, 0.2) is 0 Å². The number of rotatable bonds is 2. The Morgan fingerprint density at radius 3 is 2.83 bits per heavy atom. The molecule has 1 N–H and O–H groups in total. The normalized spacial score (nSPS) is 10.4. The molecule has 0 unspecified atom stereocenters. The molecule has 2 heterocycles. The van der Waals surface area contributed by atoms with E-state index in [9.17, 15) is 5.11 Å². The molecular weight excluding hydrogens is 230 g/mol. The van der Waals surface area contributed by atoms with Gasteiger partial charge >= 0.3 is 0 Å². The Morgan fingerprint density at radius 1 is 1.11 bits per heavy atom. The van der Waals surface area contributed by atoms with Crippen molar-refractivity contribution in [2.45, 2.75) is 0 Å². The Balaban J connectivity index is 2.18. The lowest BCUT2D eigenvalue weighted by atomic mass is 10.0. The number of hydrogen-bond donors (Lipinski definition) is 1. The van der Waals surface area contributed by atoms with E-state index in [1.807, 2.05) is 18.2 Å². The summed E-state index contributed by atoms with van der Waals surface area (Å²) in [4.78, 5) is 4.25. The highest BCUT2D eigenvalue weighted by atomic mass is 16.4. The standard InChI is InChI=1S/C13H9N3O2/c17-10-4-1-3-9(7-10)11-5-2-6-14-12(11)13-16-15-8-18-13/h1-8,17H. The fourth-order valence-corrected chi connectivity index (χ4v) is 1.76. The molecule has 2 aromatic heterocycles. The van der Waals surface area contributed by atoms with Crippen LogP contribution >= 0.6 is 0 Å². The Labute approximate surface area is 103 Å². The zero-order valence-corrected chi connectivity index (χ0v) is 9.32. The summed E-state index contributed by atoms with van der Waals surface area (Å²) in [6, 6.07) is 10.6. The van der Waals surface area contributed by atoms with E-state index < -0.39 is 0 Å². The highest BCUT2D eigenvalue weighted by Crippen LogP contribution is 2.30. The van der Waals surface area contributed by atoms with Crippen LogP contribution in [0.15, 0.2) is 53.4 Å². The Morgan fingerprint density at radius 2 is 2.06 bits per heavy atom. The summed E-state index contributed by atoms with van der Waals surface area (Å²) < 4.78 is 5.16. The number of phenolic OH excluding ortho intramolecular Hbond substituents is 1. The zero-order valence-electron chi connectivity index (χ0n) is 9.32. The van der Waals surface area contributed by atoms with Crippen molar-refractivity contribution in [3.8, 4) is 28.5 Å². The van der Waals surface area contributed by atoms with Gasteiger partial charge in [0.1, 0.15) is 11.4 Å². The molecule has 88 valence electrons. The zero-order chi connectivity index (χ0) is 12.4. The van der Waals surface area contributed by atoms with E-state index in [4.69, 9.17) is 4.42 Å². The average molecular weight is 239 g/mol. The van der Waals surface area contributed by atoms with Gasteiger partial charge in [-0.2, -0.15) is 0 Å². The predicted octanol–water partition coefficient (Wildman–Crippen LogP) is 2.50. The molecule has 0 aliphatic rings. The summed E-state index contributed by atoms with van der Waals surface area (Å²) >= 11 is 0. The molecule has 0 bridgehead atoms. The molecule has 0 saturated heterocycles. The van der Waals surface area contributed by atoms with E-state index in [1.165, 1.54) is 6.39 Å². The van der Waals surface area contributed by atoms with Crippen LogP contribution in [0.2, 0.25) is 0 Å². The molecule has 0 saturated carbocycles. The SMILES string of the molecule is Oc1cccc(-c2cccnc2-c2nnco2)c1. The minimum absolute atomic E-state index is 0.202. The monoisotopic (exact) mass is 239 g/mol. The topological polar surface area (TPSA) is 72.0 Å². The lowest BCUT2D eigenvalue weighted by Crippen LogP contribution is -1.89. The molecule has 0 atom stereocenters. The minimum atomic E-state index is 0.202. The second kappa shape index (κ2) is 4.29. The van der Waals surface area contributed by atoms with Crippen LogP contribution in [-0.2, 0) is 0 Å². The van der Waals surface area contributed by atoms with Crippen molar-refractivity contribution in [2.24, 2.45) is 0 Å². The van der Waals surface area contributed by atoms with Crippen LogP contribution in [0.5, 0.6) is 5.75 Å². The quantitative estimate of drug-likeness (QED) is 0.743. The fraction of sp³-hybridized carbons (Fsp3) is 0. The smallest absolute Gasteiger partial charge is 0.266 e. The third-order valence-electron chi connectivity index (χ3n) is 2.53. The van der Waals surface area contributed by atoms with Gasteiger partial charge in [-0.15, -0.1) is 10.2 Å². The van der Waals surface area contributed by atoms with Crippen molar-refractivity contribution < 1.29 is 9.52 Å². The number of nitrogens with zero attached hydrogens (tertiary/aromatic N) is 3. The molecule has 0 radical (unpaired) electrons. The number of hydrogen-bond acceptors (Lipinski definition) is 5.